The Morgan fingerprint density at radius 2 is 1.83 bits per heavy atom. The van der Waals surface area contributed by atoms with E-state index in [0.717, 1.165) is 13.9 Å². The molecule has 0 aliphatic heterocycles. The molecule has 1 aliphatic carbocycles. The van der Waals surface area contributed by atoms with Crippen LogP contribution in [0.2, 0.25) is 5.02 Å². The minimum absolute atomic E-state index is 0.00271. The zero-order valence-electron chi connectivity index (χ0n) is 21.7. The van der Waals surface area contributed by atoms with Crippen LogP contribution in [0, 0.1) is 5.41 Å². The zero-order valence-corrected chi connectivity index (χ0v) is 22.4. The number of aromatic nitrogens is 7. The van der Waals surface area contributed by atoms with Crippen molar-refractivity contribution in [2.24, 2.45) is 5.41 Å². The molecule has 17 heteroatoms. The summed E-state index contributed by atoms with van der Waals surface area (Å²) in [5.41, 5.74) is -2.81. The zero-order chi connectivity index (χ0) is 30.4. The number of aliphatic hydroxyl groups is 1. The van der Waals surface area contributed by atoms with E-state index in [4.69, 9.17) is 11.6 Å². The number of amides is 1. The molecule has 1 amide bonds. The van der Waals surface area contributed by atoms with Crippen LogP contribution < -0.4 is 11.0 Å². The van der Waals surface area contributed by atoms with Crippen molar-refractivity contribution in [3.05, 3.63) is 70.4 Å². The first-order chi connectivity index (χ1) is 19.7. The fourth-order valence-corrected chi connectivity index (χ4v) is 4.28. The lowest BCUT2D eigenvalue weighted by atomic mass is 10.1. The number of halogens is 6. The second-order valence-electron chi connectivity index (χ2n) is 9.89. The SMILES string of the molecule is CC(F)(F)[C@@H](O)Cn1c(-c2ccc(Cl)cc2)nn(Cc2ncn(-c3cnccc3NC(=O)C3(C(F)(F)F)CC3)n2)c1=O. The van der Waals surface area contributed by atoms with Gasteiger partial charge in [0.1, 0.15) is 30.1 Å². The van der Waals surface area contributed by atoms with Crippen molar-refractivity contribution in [2.75, 3.05) is 5.32 Å². The summed E-state index contributed by atoms with van der Waals surface area (Å²) in [5.74, 6) is -4.71. The lowest BCUT2D eigenvalue weighted by molar-refractivity contribution is -0.189. The number of hydrogen-bond donors (Lipinski definition) is 2. The van der Waals surface area contributed by atoms with Crippen LogP contribution in [-0.2, 0) is 17.9 Å². The number of pyridine rings is 1. The highest BCUT2D eigenvalue weighted by atomic mass is 35.5. The largest absolute Gasteiger partial charge is 0.403 e. The van der Waals surface area contributed by atoms with Crippen molar-refractivity contribution >= 4 is 23.2 Å². The van der Waals surface area contributed by atoms with Gasteiger partial charge in [-0.05, 0) is 43.2 Å². The van der Waals surface area contributed by atoms with E-state index in [1.165, 1.54) is 49.1 Å². The maximum Gasteiger partial charge on any atom is 0.403 e. The molecule has 0 saturated heterocycles. The van der Waals surface area contributed by atoms with Crippen LogP contribution in [0.15, 0.2) is 53.8 Å². The first kappa shape index (κ1) is 29.3. The van der Waals surface area contributed by atoms with Gasteiger partial charge in [0.25, 0.3) is 5.92 Å². The minimum atomic E-state index is -4.70. The van der Waals surface area contributed by atoms with Crippen LogP contribution in [0.5, 0.6) is 0 Å². The molecule has 222 valence electrons. The number of rotatable bonds is 9. The van der Waals surface area contributed by atoms with Gasteiger partial charge < -0.3 is 10.4 Å². The van der Waals surface area contributed by atoms with E-state index in [1.54, 1.807) is 0 Å². The van der Waals surface area contributed by atoms with Crippen molar-refractivity contribution < 1.29 is 31.9 Å². The molecule has 1 aliphatic rings. The molecule has 4 aromatic rings. The molecule has 42 heavy (non-hydrogen) atoms. The number of anilines is 1. The van der Waals surface area contributed by atoms with Gasteiger partial charge in [-0.15, -0.1) is 10.2 Å². The van der Waals surface area contributed by atoms with Crippen molar-refractivity contribution in [3.8, 4) is 17.1 Å². The number of hydrogen-bond acceptors (Lipinski definition) is 7. The van der Waals surface area contributed by atoms with Crippen LogP contribution in [0.3, 0.4) is 0 Å². The summed E-state index contributed by atoms with van der Waals surface area (Å²) in [6, 6.07) is 7.39. The Labute approximate surface area is 238 Å². The maximum atomic E-state index is 13.8. The summed E-state index contributed by atoms with van der Waals surface area (Å²) in [6.07, 6.45) is -3.79. The molecule has 0 bridgehead atoms. The van der Waals surface area contributed by atoms with E-state index in [2.05, 4.69) is 25.5 Å². The van der Waals surface area contributed by atoms with Gasteiger partial charge >= 0.3 is 11.9 Å². The summed E-state index contributed by atoms with van der Waals surface area (Å²) in [6.45, 7) is -0.578. The molecule has 0 unspecified atom stereocenters. The van der Waals surface area contributed by atoms with Crippen LogP contribution in [0.25, 0.3) is 17.1 Å². The molecule has 1 atom stereocenters. The number of nitrogens with zero attached hydrogens (tertiary/aromatic N) is 7. The Balaban J connectivity index is 1.43. The van der Waals surface area contributed by atoms with E-state index < -0.39 is 41.8 Å². The molecular weight excluding hydrogens is 591 g/mol. The van der Waals surface area contributed by atoms with Crippen molar-refractivity contribution in [1.82, 2.24) is 34.1 Å². The van der Waals surface area contributed by atoms with Crippen molar-refractivity contribution in [1.29, 1.82) is 0 Å². The molecule has 2 N–H and O–H groups in total. The molecular formula is C25H22ClF5N8O3. The quantitative estimate of drug-likeness (QED) is 0.276. The van der Waals surface area contributed by atoms with Crippen molar-refractivity contribution in [3.63, 3.8) is 0 Å². The highest BCUT2D eigenvalue weighted by Gasteiger charge is 2.68. The second-order valence-corrected chi connectivity index (χ2v) is 10.3. The number of benzene rings is 1. The van der Waals surface area contributed by atoms with E-state index in [-0.39, 0.29) is 42.4 Å². The summed E-state index contributed by atoms with van der Waals surface area (Å²) < 4.78 is 70.7. The first-order valence-electron chi connectivity index (χ1n) is 12.4. The van der Waals surface area contributed by atoms with Gasteiger partial charge in [-0.3, -0.25) is 14.3 Å². The predicted octanol–water partition coefficient (Wildman–Crippen LogP) is 3.69. The fourth-order valence-electron chi connectivity index (χ4n) is 4.15. The van der Waals surface area contributed by atoms with Crippen LogP contribution in [0.4, 0.5) is 27.6 Å². The van der Waals surface area contributed by atoms with Gasteiger partial charge in [0, 0.05) is 23.7 Å². The molecule has 3 heterocycles. The lowest BCUT2D eigenvalue weighted by Gasteiger charge is -2.19. The topological polar surface area (TPSA) is 133 Å². The summed E-state index contributed by atoms with van der Waals surface area (Å²) in [7, 11) is 0. The molecule has 1 aromatic carbocycles. The predicted molar refractivity (Wildman–Crippen MR) is 138 cm³/mol. The number of carbonyl (C=O) groups is 1. The average Bonchev–Trinajstić information content (AvgIpc) is 3.55. The number of alkyl halides is 5. The van der Waals surface area contributed by atoms with Gasteiger partial charge in [-0.1, -0.05) is 11.6 Å². The van der Waals surface area contributed by atoms with Gasteiger partial charge in [0.05, 0.1) is 18.4 Å². The molecule has 0 spiro atoms. The number of nitrogens with one attached hydrogen (secondary N) is 1. The van der Waals surface area contributed by atoms with E-state index in [0.29, 0.717) is 17.5 Å². The fraction of sp³-hybridized carbons (Fsp3) is 0.360. The standard InChI is InChI=1S/C25H22ClF5N8O3/c1-23(27,28)18(40)11-37-20(14-2-4-15(26)5-3-14)36-38(22(37)42)12-19-33-13-39(35-19)17-10-32-9-6-16(17)34-21(41)24(7-8-24)25(29,30)31/h2-6,9-10,13,18,40H,7-8,11-12H2,1H3,(H,32,34,41)/t18-/m0/s1. The molecule has 5 rings (SSSR count). The highest BCUT2D eigenvalue weighted by Crippen LogP contribution is 2.58. The summed E-state index contributed by atoms with van der Waals surface area (Å²) in [4.78, 5) is 33.7. The Morgan fingerprint density at radius 1 is 1.14 bits per heavy atom. The molecule has 1 fully saturated rings. The van der Waals surface area contributed by atoms with E-state index in [9.17, 15) is 36.6 Å². The van der Waals surface area contributed by atoms with Crippen LogP contribution in [-0.4, -0.2) is 63.3 Å². The minimum Gasteiger partial charge on any atom is -0.385 e. The third-order valence-electron chi connectivity index (χ3n) is 6.82. The third kappa shape index (κ3) is 5.63. The number of aliphatic hydroxyl groups excluding tert-OH is 1. The maximum absolute atomic E-state index is 13.8. The van der Waals surface area contributed by atoms with Crippen molar-refractivity contribution in [2.45, 2.75) is 51.1 Å². The van der Waals surface area contributed by atoms with Gasteiger partial charge in [0.15, 0.2) is 11.6 Å². The normalized spacial score (nSPS) is 15.4. The molecule has 3 aromatic heterocycles. The molecule has 0 radical (unpaired) electrons. The van der Waals surface area contributed by atoms with Gasteiger partial charge in [-0.25, -0.2) is 27.9 Å². The van der Waals surface area contributed by atoms with Crippen LogP contribution in [0.1, 0.15) is 25.6 Å². The van der Waals surface area contributed by atoms with Gasteiger partial charge in [0.2, 0.25) is 5.91 Å². The highest BCUT2D eigenvalue weighted by molar-refractivity contribution is 6.30. The Bertz CT molecular complexity index is 1670. The van der Waals surface area contributed by atoms with E-state index >= 15 is 0 Å². The van der Waals surface area contributed by atoms with Crippen LogP contribution >= 0.6 is 11.6 Å². The Kier molecular flexibility index (Phi) is 7.39. The Hall–Kier alpha value is -4.18. The molecule has 11 nitrogen and oxygen atoms in total. The second kappa shape index (κ2) is 10.6. The van der Waals surface area contributed by atoms with E-state index in [1.807, 2.05) is 0 Å². The smallest absolute Gasteiger partial charge is 0.385 e. The molecule has 1 saturated carbocycles. The summed E-state index contributed by atoms with van der Waals surface area (Å²) >= 11 is 5.93. The summed E-state index contributed by atoms with van der Waals surface area (Å²) in [5, 5.41) is 21.2. The lowest BCUT2D eigenvalue weighted by Crippen LogP contribution is -2.38. The third-order valence-corrected chi connectivity index (χ3v) is 7.07. The number of carbonyl (C=O) groups excluding carboxylic acids is 1. The first-order valence-corrected chi connectivity index (χ1v) is 12.8. The monoisotopic (exact) mass is 612 g/mol. The Morgan fingerprint density at radius 3 is 2.45 bits per heavy atom. The average molecular weight is 613 g/mol. The van der Waals surface area contributed by atoms with Gasteiger partial charge in [-0.2, -0.15) is 13.2 Å².